The van der Waals surface area contributed by atoms with Gasteiger partial charge in [-0.2, -0.15) is 0 Å². The van der Waals surface area contributed by atoms with Crippen LogP contribution in [-0.2, 0) is 13.6 Å². The lowest BCUT2D eigenvalue weighted by Gasteiger charge is -2.02. The third kappa shape index (κ3) is 11.5. The van der Waals surface area contributed by atoms with Crippen LogP contribution in [0.3, 0.4) is 0 Å². The largest absolute Gasteiger partial charge is 1.00 e. The molecular formula is C18H35FN2. The monoisotopic (exact) mass is 298 g/mol. The maximum atomic E-state index is 2.29. The second-order valence-electron chi connectivity index (χ2n) is 6.21. The lowest BCUT2D eigenvalue weighted by atomic mass is 10.1. The third-order valence-electron chi connectivity index (χ3n) is 4.09. The minimum Gasteiger partial charge on any atom is -1.00 e. The summed E-state index contributed by atoms with van der Waals surface area (Å²) in [4.78, 5) is 0. The number of rotatable bonds is 13. The van der Waals surface area contributed by atoms with Crippen LogP contribution in [0.5, 0.6) is 0 Å². The van der Waals surface area contributed by atoms with Crippen molar-refractivity contribution in [2.24, 2.45) is 7.05 Å². The highest BCUT2D eigenvalue weighted by Crippen LogP contribution is 2.12. The van der Waals surface area contributed by atoms with Gasteiger partial charge in [0.2, 0.25) is 6.33 Å². The molecule has 0 fully saturated rings. The second-order valence-corrected chi connectivity index (χ2v) is 6.21. The summed E-state index contributed by atoms with van der Waals surface area (Å²) in [5.74, 6) is 0. The Morgan fingerprint density at radius 3 is 1.67 bits per heavy atom. The van der Waals surface area contributed by atoms with Gasteiger partial charge in [0, 0.05) is 0 Å². The number of hydrogen-bond donors (Lipinski definition) is 0. The summed E-state index contributed by atoms with van der Waals surface area (Å²) in [6.45, 7) is 3.47. The fourth-order valence-corrected chi connectivity index (χ4v) is 2.77. The van der Waals surface area contributed by atoms with Gasteiger partial charge in [0.25, 0.3) is 0 Å². The van der Waals surface area contributed by atoms with Gasteiger partial charge in [-0.15, -0.1) is 0 Å². The Bertz CT molecular complexity index is 323. The molecule has 1 heterocycles. The Labute approximate surface area is 130 Å². The van der Waals surface area contributed by atoms with Gasteiger partial charge >= 0.3 is 0 Å². The van der Waals surface area contributed by atoms with Crippen LogP contribution in [0.2, 0.25) is 0 Å². The summed E-state index contributed by atoms with van der Waals surface area (Å²) in [6.07, 6.45) is 23.6. The van der Waals surface area contributed by atoms with E-state index in [4.69, 9.17) is 0 Å². The van der Waals surface area contributed by atoms with E-state index in [-0.39, 0.29) is 4.70 Å². The number of imidazole rings is 1. The number of aromatic nitrogens is 2. The van der Waals surface area contributed by atoms with E-state index < -0.39 is 0 Å². The normalized spacial score (nSPS) is 10.6. The first-order chi connectivity index (χ1) is 9.83. The third-order valence-corrected chi connectivity index (χ3v) is 4.09. The molecule has 0 aliphatic carbocycles. The average molecular weight is 298 g/mol. The standard InChI is InChI=1S/C18H35N2.FH/c1-3-4-5-6-7-8-9-10-11-12-13-14-15-20-17-16-19(2)18-20;/h16-18H,3-15H2,1-2H3;1H/q+1;/p-1. The molecule has 0 aliphatic heterocycles. The van der Waals surface area contributed by atoms with E-state index in [1.165, 1.54) is 83.6 Å². The number of nitrogens with zero attached hydrogens (tertiary/aromatic N) is 2. The first kappa shape index (κ1) is 20.1. The van der Waals surface area contributed by atoms with E-state index in [0.717, 1.165) is 0 Å². The van der Waals surface area contributed by atoms with Crippen molar-refractivity contribution in [3.05, 3.63) is 18.7 Å². The molecule has 1 aromatic heterocycles. The van der Waals surface area contributed by atoms with Crippen LogP contribution in [0.25, 0.3) is 0 Å². The van der Waals surface area contributed by atoms with E-state index in [9.17, 15) is 0 Å². The predicted molar refractivity (Wildman–Crippen MR) is 86.7 cm³/mol. The summed E-state index contributed by atoms with van der Waals surface area (Å²) < 4.78 is 4.40. The van der Waals surface area contributed by atoms with Crippen molar-refractivity contribution in [1.82, 2.24) is 4.57 Å². The second kappa shape index (κ2) is 14.1. The Hall–Kier alpha value is -0.860. The molecule has 1 aromatic rings. The maximum absolute atomic E-state index is 2.29. The predicted octanol–water partition coefficient (Wildman–Crippen LogP) is 2.02. The number of halogens is 1. The van der Waals surface area contributed by atoms with Crippen LogP contribution >= 0.6 is 0 Å². The molecule has 0 saturated heterocycles. The highest BCUT2D eigenvalue weighted by atomic mass is 19.0. The molecule has 0 amide bonds. The molecule has 0 N–H and O–H groups in total. The molecular weight excluding hydrogens is 263 g/mol. The van der Waals surface area contributed by atoms with Gasteiger partial charge in [-0.3, -0.25) is 0 Å². The average Bonchev–Trinajstić information content (AvgIpc) is 2.86. The summed E-state index contributed by atoms with van der Waals surface area (Å²) >= 11 is 0. The molecule has 0 saturated carbocycles. The number of hydrogen-bond acceptors (Lipinski definition) is 0. The SMILES string of the molecule is CCCCCCCCCCCCCCn1cc[n+](C)c1.[F-]. The van der Waals surface area contributed by atoms with Crippen LogP contribution in [0.4, 0.5) is 0 Å². The molecule has 0 aliphatic rings. The molecule has 0 aromatic carbocycles. The molecule has 1 rings (SSSR count). The zero-order valence-corrected chi connectivity index (χ0v) is 14.2. The summed E-state index contributed by atoms with van der Waals surface area (Å²) in [5.41, 5.74) is 0. The Morgan fingerprint density at radius 1 is 0.762 bits per heavy atom. The quantitative estimate of drug-likeness (QED) is 0.389. The van der Waals surface area contributed by atoms with Crippen molar-refractivity contribution < 1.29 is 9.27 Å². The summed E-state index contributed by atoms with van der Waals surface area (Å²) in [6, 6.07) is 0. The molecule has 0 atom stereocenters. The fraction of sp³-hybridized carbons (Fsp3) is 0.833. The topological polar surface area (TPSA) is 8.81 Å². The van der Waals surface area contributed by atoms with E-state index in [1.54, 1.807) is 0 Å². The van der Waals surface area contributed by atoms with Crippen LogP contribution in [0.1, 0.15) is 84.0 Å². The molecule has 124 valence electrons. The van der Waals surface area contributed by atoms with Crippen LogP contribution in [-0.4, -0.2) is 4.57 Å². The van der Waals surface area contributed by atoms with Crippen molar-refractivity contribution in [1.29, 1.82) is 0 Å². The van der Waals surface area contributed by atoms with Crippen molar-refractivity contribution in [2.45, 2.75) is 90.5 Å². The highest BCUT2D eigenvalue weighted by molar-refractivity contribution is 4.65. The van der Waals surface area contributed by atoms with Gasteiger partial charge in [0.1, 0.15) is 12.4 Å². The smallest absolute Gasteiger partial charge is 0.243 e. The minimum absolute atomic E-state index is 0. The molecule has 21 heavy (non-hydrogen) atoms. The van der Waals surface area contributed by atoms with E-state index >= 15 is 0 Å². The molecule has 0 radical (unpaired) electrons. The van der Waals surface area contributed by atoms with Crippen LogP contribution in [0, 0.1) is 0 Å². The van der Waals surface area contributed by atoms with Crippen LogP contribution in [0.15, 0.2) is 18.7 Å². The van der Waals surface area contributed by atoms with E-state index in [1.807, 2.05) is 0 Å². The molecule has 3 heteroatoms. The zero-order valence-electron chi connectivity index (χ0n) is 14.2. The molecule has 0 unspecified atom stereocenters. The lowest BCUT2D eigenvalue weighted by Crippen LogP contribution is -3.00. The van der Waals surface area contributed by atoms with Gasteiger partial charge in [-0.1, -0.05) is 71.1 Å². The first-order valence-corrected chi connectivity index (χ1v) is 8.84. The van der Waals surface area contributed by atoms with Crippen molar-refractivity contribution >= 4 is 0 Å². The summed E-state index contributed by atoms with van der Waals surface area (Å²) in [5, 5.41) is 0. The zero-order chi connectivity index (χ0) is 14.5. The van der Waals surface area contributed by atoms with Gasteiger partial charge in [0.05, 0.1) is 13.6 Å². The van der Waals surface area contributed by atoms with E-state index in [2.05, 4.69) is 41.8 Å². The van der Waals surface area contributed by atoms with Crippen molar-refractivity contribution in [3.8, 4) is 0 Å². The van der Waals surface area contributed by atoms with Gasteiger partial charge in [-0.25, -0.2) is 9.13 Å². The Balaban J connectivity index is 0.00000400. The number of aryl methyl sites for hydroxylation is 2. The van der Waals surface area contributed by atoms with Crippen molar-refractivity contribution in [2.75, 3.05) is 0 Å². The molecule has 0 bridgehead atoms. The first-order valence-electron chi connectivity index (χ1n) is 8.84. The van der Waals surface area contributed by atoms with Crippen LogP contribution < -0.4 is 9.27 Å². The number of unbranched alkanes of at least 4 members (excludes halogenated alkanes) is 11. The van der Waals surface area contributed by atoms with Gasteiger partial charge in [-0.05, 0) is 12.8 Å². The highest BCUT2D eigenvalue weighted by Gasteiger charge is 1.99. The van der Waals surface area contributed by atoms with Gasteiger partial charge in [0.15, 0.2) is 0 Å². The van der Waals surface area contributed by atoms with Crippen molar-refractivity contribution in [3.63, 3.8) is 0 Å². The fourth-order valence-electron chi connectivity index (χ4n) is 2.77. The van der Waals surface area contributed by atoms with E-state index in [0.29, 0.717) is 0 Å². The minimum atomic E-state index is 0. The lowest BCUT2D eigenvalue weighted by molar-refractivity contribution is -0.671. The Morgan fingerprint density at radius 2 is 1.24 bits per heavy atom. The maximum Gasteiger partial charge on any atom is 0.243 e. The Kier molecular flexibility index (Phi) is 13.5. The summed E-state index contributed by atoms with van der Waals surface area (Å²) in [7, 11) is 2.08. The van der Waals surface area contributed by atoms with Gasteiger partial charge < -0.3 is 4.70 Å². The molecule has 2 nitrogen and oxygen atoms in total. The molecule has 0 spiro atoms.